The first-order valence-electron chi connectivity index (χ1n) is 8.03. The third kappa shape index (κ3) is 4.22. The van der Waals surface area contributed by atoms with Crippen LogP contribution in [0.1, 0.15) is 62.5 Å². The second-order valence-corrected chi connectivity index (χ2v) is 8.05. The van der Waals surface area contributed by atoms with Crippen LogP contribution in [0.3, 0.4) is 0 Å². The number of hydrogen-bond donors (Lipinski definition) is 1. The predicted molar refractivity (Wildman–Crippen MR) is 95.1 cm³/mol. The van der Waals surface area contributed by atoms with Gasteiger partial charge in [-0.1, -0.05) is 71.0 Å². The molecule has 2 rings (SSSR count). The Bertz CT molecular complexity index is 692. The Morgan fingerprint density at radius 1 is 0.957 bits per heavy atom. The van der Waals surface area contributed by atoms with Crippen LogP contribution < -0.4 is 0 Å². The number of aromatic hydroxyl groups is 1. The van der Waals surface area contributed by atoms with Crippen molar-refractivity contribution in [1.29, 1.82) is 0 Å². The average Bonchev–Trinajstić information content (AvgIpc) is 2.45. The van der Waals surface area contributed by atoms with Crippen LogP contribution >= 0.6 is 0 Å². The van der Waals surface area contributed by atoms with Gasteiger partial charge in [0.1, 0.15) is 5.75 Å². The maximum Gasteiger partial charge on any atom is 0.196 e. The van der Waals surface area contributed by atoms with E-state index < -0.39 is 0 Å². The van der Waals surface area contributed by atoms with Gasteiger partial charge in [-0.25, -0.2) is 0 Å². The molecule has 0 heterocycles. The van der Waals surface area contributed by atoms with Crippen molar-refractivity contribution < 1.29 is 9.90 Å². The standard InChI is InChI=1S/C21H26O2/c1-20(2,3)14-21(4,5)16-11-12-17(18(22)13-16)19(23)15-9-7-6-8-10-15/h6-13,22H,14H2,1-5H3. The summed E-state index contributed by atoms with van der Waals surface area (Å²) in [6.07, 6.45) is 0.991. The van der Waals surface area contributed by atoms with E-state index in [9.17, 15) is 9.90 Å². The Kier molecular flexibility index (Phi) is 4.65. The van der Waals surface area contributed by atoms with E-state index in [-0.39, 0.29) is 22.4 Å². The van der Waals surface area contributed by atoms with Crippen molar-refractivity contribution in [3.63, 3.8) is 0 Å². The Morgan fingerprint density at radius 2 is 1.57 bits per heavy atom. The van der Waals surface area contributed by atoms with Crippen molar-refractivity contribution in [2.75, 3.05) is 0 Å². The van der Waals surface area contributed by atoms with Crippen LogP contribution in [-0.2, 0) is 5.41 Å². The van der Waals surface area contributed by atoms with Crippen LogP contribution in [0.15, 0.2) is 48.5 Å². The van der Waals surface area contributed by atoms with Crippen LogP contribution in [-0.4, -0.2) is 10.9 Å². The zero-order valence-corrected chi connectivity index (χ0v) is 14.7. The van der Waals surface area contributed by atoms with Crippen molar-refractivity contribution in [3.8, 4) is 5.75 Å². The van der Waals surface area contributed by atoms with Gasteiger partial charge in [0.25, 0.3) is 0 Å². The van der Waals surface area contributed by atoms with Crippen LogP contribution in [0, 0.1) is 5.41 Å². The lowest BCUT2D eigenvalue weighted by Crippen LogP contribution is -2.24. The lowest BCUT2D eigenvalue weighted by molar-refractivity contribution is 0.103. The van der Waals surface area contributed by atoms with Gasteiger partial charge in [0.15, 0.2) is 5.78 Å². The molecule has 0 fully saturated rings. The molecule has 2 nitrogen and oxygen atoms in total. The highest BCUT2D eigenvalue weighted by molar-refractivity contribution is 6.10. The van der Waals surface area contributed by atoms with E-state index in [1.165, 1.54) is 0 Å². The molecule has 0 radical (unpaired) electrons. The predicted octanol–water partition coefficient (Wildman–Crippen LogP) is 5.34. The summed E-state index contributed by atoms with van der Waals surface area (Å²) < 4.78 is 0. The van der Waals surface area contributed by atoms with Gasteiger partial charge in [-0.3, -0.25) is 4.79 Å². The lowest BCUT2D eigenvalue weighted by atomic mass is 9.72. The van der Waals surface area contributed by atoms with Gasteiger partial charge in [0, 0.05) is 5.56 Å². The summed E-state index contributed by atoms with van der Waals surface area (Å²) >= 11 is 0. The number of rotatable bonds is 4. The molecule has 0 saturated carbocycles. The molecule has 0 amide bonds. The van der Waals surface area contributed by atoms with E-state index in [0.29, 0.717) is 11.1 Å². The summed E-state index contributed by atoms with van der Waals surface area (Å²) in [6, 6.07) is 14.5. The van der Waals surface area contributed by atoms with Crippen molar-refractivity contribution in [2.45, 2.75) is 46.5 Å². The Morgan fingerprint density at radius 3 is 2.09 bits per heavy atom. The third-order valence-electron chi connectivity index (χ3n) is 4.03. The van der Waals surface area contributed by atoms with Gasteiger partial charge in [0.2, 0.25) is 0 Å². The fraction of sp³-hybridized carbons (Fsp3) is 0.381. The molecule has 0 atom stereocenters. The fourth-order valence-corrected chi connectivity index (χ4v) is 3.32. The molecule has 23 heavy (non-hydrogen) atoms. The number of ketones is 1. The molecule has 0 bridgehead atoms. The zero-order valence-electron chi connectivity index (χ0n) is 14.7. The van der Waals surface area contributed by atoms with Gasteiger partial charge in [0.05, 0.1) is 5.56 Å². The summed E-state index contributed by atoms with van der Waals surface area (Å²) in [4.78, 5) is 12.5. The van der Waals surface area contributed by atoms with Gasteiger partial charge in [-0.15, -0.1) is 0 Å². The minimum atomic E-state index is -0.150. The van der Waals surface area contributed by atoms with Crippen molar-refractivity contribution in [1.82, 2.24) is 0 Å². The molecular formula is C21H26O2. The monoisotopic (exact) mass is 310 g/mol. The van der Waals surface area contributed by atoms with Crippen LogP contribution in [0.4, 0.5) is 0 Å². The molecular weight excluding hydrogens is 284 g/mol. The quantitative estimate of drug-likeness (QED) is 0.774. The zero-order chi connectivity index (χ0) is 17.3. The Balaban J connectivity index is 2.33. The lowest BCUT2D eigenvalue weighted by Gasteiger charge is -2.33. The second kappa shape index (κ2) is 6.19. The smallest absolute Gasteiger partial charge is 0.196 e. The van der Waals surface area contributed by atoms with Crippen LogP contribution in [0.25, 0.3) is 0 Å². The van der Waals surface area contributed by atoms with Crippen molar-refractivity contribution in [2.24, 2.45) is 5.41 Å². The number of hydrogen-bond acceptors (Lipinski definition) is 2. The molecule has 0 aromatic heterocycles. The summed E-state index contributed by atoms with van der Waals surface area (Å²) in [5.41, 5.74) is 2.12. The molecule has 2 aromatic rings. The third-order valence-corrected chi connectivity index (χ3v) is 4.03. The van der Waals surface area contributed by atoms with E-state index in [1.807, 2.05) is 24.3 Å². The summed E-state index contributed by atoms with van der Waals surface area (Å²) in [5, 5.41) is 10.4. The highest BCUT2D eigenvalue weighted by Crippen LogP contribution is 2.38. The normalized spacial score (nSPS) is 12.2. The van der Waals surface area contributed by atoms with E-state index in [0.717, 1.165) is 12.0 Å². The number of benzene rings is 2. The minimum Gasteiger partial charge on any atom is -0.507 e. The van der Waals surface area contributed by atoms with E-state index in [4.69, 9.17) is 0 Å². The highest BCUT2D eigenvalue weighted by atomic mass is 16.3. The topological polar surface area (TPSA) is 37.3 Å². The maximum atomic E-state index is 12.5. The fourth-order valence-electron chi connectivity index (χ4n) is 3.32. The average molecular weight is 310 g/mol. The summed E-state index contributed by atoms with van der Waals surface area (Å²) in [6.45, 7) is 11.0. The van der Waals surface area contributed by atoms with Crippen LogP contribution in [0.5, 0.6) is 5.75 Å². The van der Waals surface area contributed by atoms with Crippen molar-refractivity contribution >= 4 is 5.78 Å². The summed E-state index contributed by atoms with van der Waals surface area (Å²) in [7, 11) is 0. The highest BCUT2D eigenvalue weighted by Gasteiger charge is 2.28. The van der Waals surface area contributed by atoms with Gasteiger partial charge >= 0.3 is 0 Å². The number of carbonyl (C=O) groups is 1. The van der Waals surface area contributed by atoms with Gasteiger partial charge < -0.3 is 5.11 Å². The molecule has 0 spiro atoms. The Labute approximate surface area is 139 Å². The molecule has 0 aliphatic carbocycles. The first kappa shape index (κ1) is 17.3. The molecule has 0 unspecified atom stereocenters. The van der Waals surface area contributed by atoms with Gasteiger partial charge in [-0.05, 0) is 34.9 Å². The van der Waals surface area contributed by atoms with Gasteiger partial charge in [-0.2, -0.15) is 0 Å². The number of phenolic OH excluding ortho intramolecular Hbond substituents is 1. The molecule has 0 saturated heterocycles. The second-order valence-electron chi connectivity index (χ2n) is 8.05. The Hall–Kier alpha value is -2.09. The first-order chi connectivity index (χ1) is 10.6. The summed E-state index contributed by atoms with van der Waals surface area (Å²) in [5.74, 6) is -0.0957. The number of phenols is 1. The van der Waals surface area contributed by atoms with E-state index in [2.05, 4.69) is 34.6 Å². The molecule has 122 valence electrons. The number of carbonyl (C=O) groups excluding carboxylic acids is 1. The molecule has 0 aliphatic heterocycles. The SMILES string of the molecule is CC(C)(C)CC(C)(C)c1ccc(C(=O)c2ccccc2)c(O)c1. The van der Waals surface area contributed by atoms with Crippen LogP contribution in [0.2, 0.25) is 0 Å². The maximum absolute atomic E-state index is 12.5. The van der Waals surface area contributed by atoms with E-state index >= 15 is 0 Å². The molecule has 1 N–H and O–H groups in total. The van der Waals surface area contributed by atoms with Crippen molar-refractivity contribution in [3.05, 3.63) is 65.2 Å². The van der Waals surface area contributed by atoms with E-state index in [1.54, 1.807) is 24.3 Å². The molecule has 2 heteroatoms. The first-order valence-corrected chi connectivity index (χ1v) is 8.03. The largest absolute Gasteiger partial charge is 0.507 e. The minimum absolute atomic E-state index is 0.0540. The molecule has 0 aliphatic rings. The molecule has 2 aromatic carbocycles.